The van der Waals surface area contributed by atoms with Crippen molar-refractivity contribution in [2.75, 3.05) is 30.8 Å². The van der Waals surface area contributed by atoms with Crippen LogP contribution in [0.15, 0.2) is 18.2 Å². The molecular weight excluding hydrogens is 224 g/mol. The molecule has 0 fully saturated rings. The number of aryl methyl sites for hydroxylation is 1. The maximum absolute atomic E-state index is 5.90. The van der Waals surface area contributed by atoms with E-state index in [9.17, 15) is 0 Å². The fourth-order valence-corrected chi connectivity index (χ4v) is 2.41. The summed E-state index contributed by atoms with van der Waals surface area (Å²) in [6, 6.07) is 6.27. The van der Waals surface area contributed by atoms with Crippen LogP contribution in [0.25, 0.3) is 0 Å². The minimum atomic E-state index is -0.0576. The summed E-state index contributed by atoms with van der Waals surface area (Å²) in [5, 5.41) is 0. The average Bonchev–Trinajstić information content (AvgIpc) is 2.36. The highest BCUT2D eigenvalue weighted by Gasteiger charge is 2.21. The third kappa shape index (κ3) is 2.96. The zero-order chi connectivity index (χ0) is 13.2. The predicted molar refractivity (Wildman–Crippen MR) is 77.1 cm³/mol. The molecule has 1 aromatic carbocycles. The van der Waals surface area contributed by atoms with Crippen LogP contribution in [0.2, 0.25) is 0 Å². The van der Waals surface area contributed by atoms with Gasteiger partial charge >= 0.3 is 0 Å². The highest BCUT2D eigenvalue weighted by atomic mass is 16.5. The van der Waals surface area contributed by atoms with Gasteiger partial charge in [-0.25, -0.2) is 0 Å². The molecule has 0 aliphatic carbocycles. The Labute approximate surface area is 110 Å². The Hall–Kier alpha value is -1.22. The normalized spacial score (nSPS) is 15.6. The smallest absolute Gasteiger partial charge is 0.0639 e. The molecule has 0 saturated carbocycles. The highest BCUT2D eigenvalue weighted by molar-refractivity contribution is 5.62. The molecule has 0 atom stereocenters. The number of benzene rings is 1. The minimum Gasteiger partial charge on any atom is -0.399 e. The van der Waals surface area contributed by atoms with Crippen LogP contribution in [-0.2, 0) is 11.2 Å². The summed E-state index contributed by atoms with van der Waals surface area (Å²) in [4.78, 5) is 2.44. The summed E-state index contributed by atoms with van der Waals surface area (Å²) in [6.45, 7) is 6.42. The third-order valence-corrected chi connectivity index (χ3v) is 3.86. The third-order valence-electron chi connectivity index (χ3n) is 3.86. The molecule has 0 spiro atoms. The number of hydrogen-bond acceptors (Lipinski definition) is 3. The summed E-state index contributed by atoms with van der Waals surface area (Å²) < 4.78 is 5.49. The van der Waals surface area contributed by atoms with Gasteiger partial charge < -0.3 is 15.4 Å². The van der Waals surface area contributed by atoms with E-state index in [-0.39, 0.29) is 5.60 Å². The largest absolute Gasteiger partial charge is 0.399 e. The number of methoxy groups -OCH3 is 1. The fraction of sp³-hybridized carbons (Fsp3) is 0.600. The van der Waals surface area contributed by atoms with Crippen LogP contribution in [0, 0.1) is 0 Å². The molecule has 1 aliphatic heterocycles. The van der Waals surface area contributed by atoms with E-state index in [0.29, 0.717) is 0 Å². The number of nitrogens with two attached hydrogens (primary N) is 1. The standard InChI is InChI=1S/C15H24N2O/c1-15(2,18-3)8-10-17-9-4-5-12-6-7-13(16)11-14(12)17/h6-7,11H,4-5,8-10,16H2,1-3H3. The maximum atomic E-state index is 5.90. The topological polar surface area (TPSA) is 38.5 Å². The second-order valence-electron chi connectivity index (χ2n) is 5.69. The molecule has 0 aromatic heterocycles. The van der Waals surface area contributed by atoms with Crippen LogP contribution >= 0.6 is 0 Å². The first kappa shape index (κ1) is 13.2. The molecule has 0 bridgehead atoms. The van der Waals surface area contributed by atoms with E-state index in [1.165, 1.54) is 24.1 Å². The summed E-state index contributed by atoms with van der Waals surface area (Å²) >= 11 is 0. The van der Waals surface area contributed by atoms with Crippen molar-refractivity contribution in [1.82, 2.24) is 0 Å². The average molecular weight is 248 g/mol. The second kappa shape index (κ2) is 5.19. The van der Waals surface area contributed by atoms with Crippen molar-refractivity contribution in [1.29, 1.82) is 0 Å². The lowest BCUT2D eigenvalue weighted by Crippen LogP contribution is -2.35. The molecule has 18 heavy (non-hydrogen) atoms. The lowest BCUT2D eigenvalue weighted by molar-refractivity contribution is 0.0172. The van der Waals surface area contributed by atoms with E-state index >= 15 is 0 Å². The van der Waals surface area contributed by atoms with Gasteiger partial charge in [-0.05, 0) is 50.8 Å². The van der Waals surface area contributed by atoms with Gasteiger partial charge in [0, 0.05) is 31.6 Å². The van der Waals surface area contributed by atoms with Crippen molar-refractivity contribution in [3.8, 4) is 0 Å². The van der Waals surface area contributed by atoms with E-state index in [1.54, 1.807) is 7.11 Å². The van der Waals surface area contributed by atoms with E-state index in [1.807, 2.05) is 6.07 Å². The Bertz CT molecular complexity index is 415. The molecule has 2 N–H and O–H groups in total. The number of nitrogen functional groups attached to an aromatic ring is 1. The maximum Gasteiger partial charge on any atom is 0.0639 e. The number of hydrogen-bond donors (Lipinski definition) is 1. The minimum absolute atomic E-state index is 0.0576. The summed E-state index contributed by atoms with van der Waals surface area (Å²) in [7, 11) is 1.78. The van der Waals surface area contributed by atoms with Gasteiger partial charge in [-0.1, -0.05) is 6.07 Å². The van der Waals surface area contributed by atoms with Gasteiger partial charge in [-0.3, -0.25) is 0 Å². The number of nitrogens with zero attached hydrogens (tertiary/aromatic N) is 1. The van der Waals surface area contributed by atoms with Crippen molar-refractivity contribution < 1.29 is 4.74 Å². The van der Waals surface area contributed by atoms with Gasteiger partial charge in [0.05, 0.1) is 5.60 Å². The quantitative estimate of drug-likeness (QED) is 0.833. The molecule has 1 heterocycles. The number of anilines is 2. The summed E-state index contributed by atoms with van der Waals surface area (Å²) in [5.41, 5.74) is 9.43. The second-order valence-corrected chi connectivity index (χ2v) is 5.69. The SMILES string of the molecule is COC(C)(C)CCN1CCCc2ccc(N)cc21. The zero-order valence-electron chi connectivity index (χ0n) is 11.7. The Morgan fingerprint density at radius 3 is 2.89 bits per heavy atom. The monoisotopic (exact) mass is 248 g/mol. The van der Waals surface area contributed by atoms with Gasteiger partial charge in [0.25, 0.3) is 0 Å². The van der Waals surface area contributed by atoms with Crippen molar-refractivity contribution in [2.45, 2.75) is 38.7 Å². The Balaban J connectivity index is 2.10. The van der Waals surface area contributed by atoms with Crippen LogP contribution in [0.3, 0.4) is 0 Å². The summed E-state index contributed by atoms with van der Waals surface area (Å²) in [5.74, 6) is 0. The van der Waals surface area contributed by atoms with Gasteiger partial charge in [0.1, 0.15) is 0 Å². The van der Waals surface area contributed by atoms with E-state index in [2.05, 4.69) is 30.9 Å². The molecule has 1 aromatic rings. The van der Waals surface area contributed by atoms with Crippen molar-refractivity contribution in [3.63, 3.8) is 0 Å². The molecule has 3 heteroatoms. The van der Waals surface area contributed by atoms with Crippen molar-refractivity contribution in [2.24, 2.45) is 0 Å². The Morgan fingerprint density at radius 2 is 2.17 bits per heavy atom. The fourth-order valence-electron chi connectivity index (χ4n) is 2.41. The number of fused-ring (bicyclic) bond motifs is 1. The predicted octanol–water partition coefficient (Wildman–Crippen LogP) is 2.84. The van der Waals surface area contributed by atoms with Crippen LogP contribution in [-0.4, -0.2) is 25.8 Å². The van der Waals surface area contributed by atoms with Gasteiger partial charge in [0.15, 0.2) is 0 Å². The first-order valence-corrected chi connectivity index (χ1v) is 6.70. The summed E-state index contributed by atoms with van der Waals surface area (Å²) in [6.07, 6.45) is 3.42. The van der Waals surface area contributed by atoms with Gasteiger partial charge in [-0.15, -0.1) is 0 Å². The van der Waals surface area contributed by atoms with E-state index < -0.39 is 0 Å². The molecule has 0 radical (unpaired) electrons. The van der Waals surface area contributed by atoms with Crippen LogP contribution in [0.1, 0.15) is 32.3 Å². The molecule has 0 saturated heterocycles. The first-order chi connectivity index (χ1) is 8.52. The molecular formula is C15H24N2O. The van der Waals surface area contributed by atoms with Crippen molar-refractivity contribution in [3.05, 3.63) is 23.8 Å². The Kier molecular flexibility index (Phi) is 3.81. The van der Waals surface area contributed by atoms with Gasteiger partial charge in [0.2, 0.25) is 0 Å². The van der Waals surface area contributed by atoms with Crippen LogP contribution < -0.4 is 10.6 Å². The Morgan fingerprint density at radius 1 is 1.39 bits per heavy atom. The molecule has 1 aliphatic rings. The molecule has 0 unspecified atom stereocenters. The molecule has 100 valence electrons. The first-order valence-electron chi connectivity index (χ1n) is 6.70. The molecule has 0 amide bonds. The van der Waals surface area contributed by atoms with Crippen LogP contribution in [0.5, 0.6) is 0 Å². The zero-order valence-corrected chi connectivity index (χ0v) is 11.7. The van der Waals surface area contributed by atoms with Crippen LogP contribution in [0.4, 0.5) is 11.4 Å². The highest BCUT2D eigenvalue weighted by Crippen LogP contribution is 2.30. The lowest BCUT2D eigenvalue weighted by Gasteiger charge is -2.34. The molecule has 3 nitrogen and oxygen atoms in total. The number of rotatable bonds is 4. The van der Waals surface area contributed by atoms with Crippen molar-refractivity contribution >= 4 is 11.4 Å². The lowest BCUT2D eigenvalue weighted by atomic mass is 9.99. The van der Waals surface area contributed by atoms with E-state index in [0.717, 1.165) is 25.2 Å². The van der Waals surface area contributed by atoms with E-state index in [4.69, 9.17) is 10.5 Å². The molecule has 2 rings (SSSR count). The number of ether oxygens (including phenoxy) is 1. The van der Waals surface area contributed by atoms with Gasteiger partial charge in [-0.2, -0.15) is 0 Å².